The Balaban J connectivity index is 1.78. The van der Waals surface area contributed by atoms with Gasteiger partial charge in [-0.05, 0) is 12.5 Å². The predicted octanol–water partition coefficient (Wildman–Crippen LogP) is 1.75. The van der Waals surface area contributed by atoms with Crippen LogP contribution >= 0.6 is 0 Å². The van der Waals surface area contributed by atoms with Crippen molar-refractivity contribution in [3.63, 3.8) is 0 Å². The number of hydrogen-bond donors (Lipinski definition) is 1. The summed E-state index contributed by atoms with van der Waals surface area (Å²) in [5.41, 5.74) is 4.39. The van der Waals surface area contributed by atoms with Crippen LogP contribution in [0.1, 0.15) is 18.9 Å². The second-order valence-electron chi connectivity index (χ2n) is 5.20. The first-order valence-electron chi connectivity index (χ1n) is 7.01. The molecule has 0 unspecified atom stereocenters. The highest BCUT2D eigenvalue weighted by Gasteiger charge is 2.28. The van der Waals surface area contributed by atoms with E-state index >= 15 is 0 Å². The quantitative estimate of drug-likeness (QED) is 0.804. The molecule has 0 spiro atoms. The molecule has 1 aliphatic heterocycles. The lowest BCUT2D eigenvalue weighted by Gasteiger charge is -2.34. The molecule has 0 aliphatic carbocycles. The topological polar surface area (TPSA) is 43.0 Å². The predicted molar refractivity (Wildman–Crippen MR) is 76.7 cm³/mol. The van der Waals surface area contributed by atoms with Crippen molar-refractivity contribution >= 4 is 0 Å². The van der Waals surface area contributed by atoms with Gasteiger partial charge in [0.15, 0.2) is 12.6 Å². The third-order valence-corrected chi connectivity index (χ3v) is 3.07. The first-order chi connectivity index (χ1) is 9.65. The lowest BCUT2D eigenvalue weighted by atomic mass is 10.2. The highest BCUT2D eigenvalue weighted by molar-refractivity contribution is 5.13. The zero-order valence-corrected chi connectivity index (χ0v) is 12.4. The van der Waals surface area contributed by atoms with Gasteiger partial charge < -0.3 is 14.2 Å². The van der Waals surface area contributed by atoms with Crippen LogP contribution in [0.25, 0.3) is 0 Å². The average Bonchev–Trinajstić information content (AvgIpc) is 2.46. The van der Waals surface area contributed by atoms with Gasteiger partial charge in [0, 0.05) is 20.5 Å². The minimum atomic E-state index is -0.285. The van der Waals surface area contributed by atoms with E-state index in [4.69, 9.17) is 14.2 Å². The van der Waals surface area contributed by atoms with Gasteiger partial charge in [0.05, 0.1) is 19.3 Å². The average molecular weight is 280 g/mol. The molecule has 0 saturated carbocycles. The lowest BCUT2D eigenvalue weighted by Crippen LogP contribution is -2.50. The Hall–Kier alpha value is -0.980. The number of hydrogen-bond acceptors (Lipinski definition) is 5. The zero-order valence-electron chi connectivity index (χ0n) is 12.4. The van der Waals surface area contributed by atoms with E-state index < -0.39 is 0 Å². The maximum Gasteiger partial charge on any atom is 0.176 e. The van der Waals surface area contributed by atoms with Crippen LogP contribution in [0.4, 0.5) is 0 Å². The highest BCUT2D eigenvalue weighted by atomic mass is 16.8. The Kier molecular flexibility index (Phi) is 5.94. The Morgan fingerprint density at radius 1 is 1.35 bits per heavy atom. The number of rotatable bonds is 6. The molecule has 0 aromatic heterocycles. The standard InChI is InChI=1S/C15H24N2O3/c1-12(16-17(2)3)15-18-10-9-14(20-15)19-11-13-7-5-4-6-8-13/h4-8,12,14-16H,9-11H2,1-3H3/t12-,14+,15+/m1/s1. The number of ether oxygens (including phenoxy) is 3. The van der Waals surface area contributed by atoms with E-state index in [0.29, 0.717) is 13.2 Å². The molecule has 1 aromatic carbocycles. The minimum Gasteiger partial charge on any atom is -0.351 e. The Bertz CT molecular complexity index is 386. The van der Waals surface area contributed by atoms with Crippen LogP contribution < -0.4 is 5.43 Å². The molecule has 2 rings (SSSR count). The molecule has 1 aromatic rings. The SMILES string of the molecule is C[C@@H](NN(C)C)[C@H]1OCC[C@@H](OCc2ccccc2)O1. The molecular weight excluding hydrogens is 256 g/mol. The summed E-state index contributed by atoms with van der Waals surface area (Å²) in [7, 11) is 3.89. The van der Waals surface area contributed by atoms with Crippen molar-refractivity contribution in [2.45, 2.75) is 38.6 Å². The third-order valence-electron chi connectivity index (χ3n) is 3.07. The van der Waals surface area contributed by atoms with Crippen LogP contribution in [-0.2, 0) is 20.8 Å². The maximum atomic E-state index is 5.84. The van der Waals surface area contributed by atoms with Gasteiger partial charge >= 0.3 is 0 Å². The van der Waals surface area contributed by atoms with Crippen molar-refractivity contribution in [3.05, 3.63) is 35.9 Å². The molecule has 1 aliphatic rings. The molecule has 1 N–H and O–H groups in total. The highest BCUT2D eigenvalue weighted by Crippen LogP contribution is 2.17. The van der Waals surface area contributed by atoms with E-state index in [2.05, 4.69) is 5.43 Å². The number of hydrazine groups is 1. The molecular formula is C15H24N2O3. The summed E-state index contributed by atoms with van der Waals surface area (Å²) in [5, 5.41) is 1.89. The Labute approximate surface area is 120 Å². The Morgan fingerprint density at radius 2 is 2.10 bits per heavy atom. The van der Waals surface area contributed by atoms with Crippen molar-refractivity contribution < 1.29 is 14.2 Å². The van der Waals surface area contributed by atoms with Gasteiger partial charge in [-0.1, -0.05) is 30.3 Å². The molecule has 0 bridgehead atoms. The van der Waals surface area contributed by atoms with E-state index in [1.54, 1.807) is 0 Å². The van der Waals surface area contributed by atoms with Crippen LogP contribution in [0.3, 0.4) is 0 Å². The molecule has 0 amide bonds. The van der Waals surface area contributed by atoms with Crippen LogP contribution in [0.15, 0.2) is 30.3 Å². The van der Waals surface area contributed by atoms with Gasteiger partial charge in [-0.15, -0.1) is 0 Å². The molecule has 112 valence electrons. The minimum absolute atomic E-state index is 0.0770. The number of nitrogens with one attached hydrogen (secondary N) is 1. The van der Waals surface area contributed by atoms with E-state index in [1.165, 1.54) is 0 Å². The second-order valence-corrected chi connectivity index (χ2v) is 5.20. The van der Waals surface area contributed by atoms with Gasteiger partial charge in [-0.25, -0.2) is 5.43 Å². The Morgan fingerprint density at radius 3 is 2.80 bits per heavy atom. The van der Waals surface area contributed by atoms with Gasteiger partial charge in [0.2, 0.25) is 0 Å². The maximum absolute atomic E-state index is 5.84. The molecule has 1 fully saturated rings. The fourth-order valence-electron chi connectivity index (χ4n) is 2.15. The summed E-state index contributed by atoms with van der Waals surface area (Å²) in [5.74, 6) is 0. The molecule has 5 heteroatoms. The van der Waals surface area contributed by atoms with E-state index in [0.717, 1.165) is 12.0 Å². The van der Waals surface area contributed by atoms with Gasteiger partial charge in [0.25, 0.3) is 0 Å². The van der Waals surface area contributed by atoms with Crippen molar-refractivity contribution in [2.24, 2.45) is 0 Å². The van der Waals surface area contributed by atoms with Crippen molar-refractivity contribution in [1.29, 1.82) is 0 Å². The number of benzene rings is 1. The molecule has 5 nitrogen and oxygen atoms in total. The van der Waals surface area contributed by atoms with Crippen LogP contribution in [0, 0.1) is 0 Å². The molecule has 1 heterocycles. The van der Waals surface area contributed by atoms with E-state index in [1.807, 2.05) is 56.4 Å². The first-order valence-corrected chi connectivity index (χ1v) is 7.01. The van der Waals surface area contributed by atoms with E-state index in [9.17, 15) is 0 Å². The van der Waals surface area contributed by atoms with Gasteiger partial charge in [-0.2, -0.15) is 0 Å². The summed E-state index contributed by atoms with van der Waals surface area (Å²) < 4.78 is 17.3. The van der Waals surface area contributed by atoms with Crippen LogP contribution in [-0.4, -0.2) is 44.3 Å². The molecule has 0 radical (unpaired) electrons. The van der Waals surface area contributed by atoms with Crippen molar-refractivity contribution in [2.75, 3.05) is 20.7 Å². The summed E-state index contributed by atoms with van der Waals surface area (Å²) in [6, 6.07) is 10.2. The smallest absolute Gasteiger partial charge is 0.176 e. The monoisotopic (exact) mass is 280 g/mol. The largest absolute Gasteiger partial charge is 0.351 e. The van der Waals surface area contributed by atoms with Crippen LogP contribution in [0.5, 0.6) is 0 Å². The van der Waals surface area contributed by atoms with E-state index in [-0.39, 0.29) is 18.6 Å². The second kappa shape index (κ2) is 7.71. The lowest BCUT2D eigenvalue weighted by molar-refractivity contribution is -0.296. The molecule has 1 saturated heterocycles. The molecule has 3 atom stereocenters. The summed E-state index contributed by atoms with van der Waals surface area (Å²) in [4.78, 5) is 0. The van der Waals surface area contributed by atoms with Crippen molar-refractivity contribution in [1.82, 2.24) is 10.4 Å². The summed E-state index contributed by atoms with van der Waals surface area (Å²) >= 11 is 0. The molecule has 20 heavy (non-hydrogen) atoms. The summed E-state index contributed by atoms with van der Waals surface area (Å²) in [6.45, 7) is 3.25. The zero-order chi connectivity index (χ0) is 14.4. The van der Waals surface area contributed by atoms with Gasteiger partial charge in [-0.3, -0.25) is 5.01 Å². The fourth-order valence-corrected chi connectivity index (χ4v) is 2.15. The third kappa shape index (κ3) is 4.85. The fraction of sp³-hybridized carbons (Fsp3) is 0.600. The number of nitrogens with zero attached hydrogens (tertiary/aromatic N) is 1. The van der Waals surface area contributed by atoms with Crippen LogP contribution in [0.2, 0.25) is 0 Å². The van der Waals surface area contributed by atoms with Crippen molar-refractivity contribution in [3.8, 4) is 0 Å². The summed E-state index contributed by atoms with van der Waals surface area (Å²) in [6.07, 6.45) is 0.269. The van der Waals surface area contributed by atoms with Gasteiger partial charge in [0.1, 0.15) is 0 Å². The first kappa shape index (κ1) is 15.4. The normalized spacial score (nSPS) is 24.8.